The van der Waals surface area contributed by atoms with Crippen LogP contribution in [0.1, 0.15) is 11.4 Å². The summed E-state index contributed by atoms with van der Waals surface area (Å²) in [5, 5.41) is 16.1. The second-order valence-electron chi connectivity index (χ2n) is 7.23. The molecule has 8 nitrogen and oxygen atoms in total. The molecule has 5 N–H and O–H groups in total. The van der Waals surface area contributed by atoms with Crippen LogP contribution in [0.2, 0.25) is 0 Å². The third-order valence-corrected chi connectivity index (χ3v) is 5.42. The number of amides is 1. The lowest BCUT2D eigenvalue weighted by Crippen LogP contribution is -2.31. The van der Waals surface area contributed by atoms with Gasteiger partial charge in [-0.2, -0.15) is 0 Å². The number of nitrogens with two attached hydrogens (primary N) is 1. The average Bonchev–Trinajstić information content (AvgIpc) is 3.11. The maximum Gasteiger partial charge on any atom is 0.259 e. The molecular formula is C20H24N6O2. The summed E-state index contributed by atoms with van der Waals surface area (Å²) in [5.41, 5.74) is 8.12. The molecule has 0 aliphatic carbocycles. The number of carbonyl (C=O) groups excluding carboxylic acids is 1. The molecule has 1 aromatic carbocycles. The monoisotopic (exact) mass is 380 g/mol. The molecule has 2 unspecified atom stereocenters. The maximum atomic E-state index is 13.2. The van der Waals surface area contributed by atoms with Gasteiger partial charge in [-0.25, -0.2) is 9.97 Å². The Morgan fingerprint density at radius 1 is 1.36 bits per heavy atom. The number of aliphatic hydroxyl groups is 1. The first-order valence-electron chi connectivity index (χ1n) is 9.36. The first kappa shape index (κ1) is 18.2. The molecule has 0 radical (unpaired) electrons. The van der Waals surface area contributed by atoms with Crippen LogP contribution in [0.25, 0.3) is 5.57 Å². The van der Waals surface area contributed by atoms with Gasteiger partial charge in [0.05, 0.1) is 5.57 Å². The Bertz CT molecular complexity index is 929. The van der Waals surface area contributed by atoms with Crippen molar-refractivity contribution in [1.29, 1.82) is 0 Å². The highest BCUT2D eigenvalue weighted by atomic mass is 16.3. The quantitative estimate of drug-likeness (QED) is 0.578. The summed E-state index contributed by atoms with van der Waals surface area (Å²) >= 11 is 0. The zero-order chi connectivity index (χ0) is 19.7. The Kier molecular flexibility index (Phi) is 4.87. The zero-order valence-electron chi connectivity index (χ0n) is 15.7. The van der Waals surface area contributed by atoms with Crippen LogP contribution in [0, 0.1) is 11.8 Å². The third kappa shape index (κ3) is 3.38. The normalized spacial score (nSPS) is 22.9. The average molecular weight is 380 g/mol. The number of hydrogen-bond donors (Lipinski definition) is 4. The molecule has 1 amide bonds. The Hall–Kier alpha value is -3.13. The number of benzene rings is 1. The minimum Gasteiger partial charge on any atom is -0.404 e. The van der Waals surface area contributed by atoms with Gasteiger partial charge < -0.3 is 26.4 Å². The largest absolute Gasteiger partial charge is 0.404 e. The predicted octanol–water partition coefficient (Wildman–Crippen LogP) is 1.18. The second-order valence-corrected chi connectivity index (χ2v) is 7.23. The van der Waals surface area contributed by atoms with Gasteiger partial charge in [0.2, 0.25) is 0 Å². The van der Waals surface area contributed by atoms with Crippen molar-refractivity contribution in [3.05, 3.63) is 47.9 Å². The molecule has 1 fully saturated rings. The summed E-state index contributed by atoms with van der Waals surface area (Å²) in [6.45, 7) is 1.11. The van der Waals surface area contributed by atoms with Crippen LogP contribution >= 0.6 is 0 Å². The summed E-state index contributed by atoms with van der Waals surface area (Å²) in [5.74, 6) is 1.42. The van der Waals surface area contributed by atoms with E-state index in [4.69, 9.17) is 5.73 Å². The summed E-state index contributed by atoms with van der Waals surface area (Å²) in [4.78, 5) is 23.8. The lowest BCUT2D eigenvalue weighted by molar-refractivity contribution is -0.124. The van der Waals surface area contributed by atoms with E-state index in [1.165, 1.54) is 6.20 Å². The molecule has 2 aromatic rings. The van der Waals surface area contributed by atoms with Crippen LogP contribution in [0.15, 0.2) is 36.5 Å². The highest BCUT2D eigenvalue weighted by Crippen LogP contribution is 2.31. The second kappa shape index (κ2) is 7.47. The molecule has 3 heterocycles. The van der Waals surface area contributed by atoms with E-state index in [2.05, 4.69) is 32.7 Å². The number of nitrogens with zero attached hydrogens (tertiary/aromatic N) is 3. The molecule has 6 bridgehead atoms. The smallest absolute Gasteiger partial charge is 0.259 e. The van der Waals surface area contributed by atoms with Gasteiger partial charge in [-0.3, -0.25) is 4.79 Å². The molecule has 2 atom stereocenters. The van der Waals surface area contributed by atoms with Crippen molar-refractivity contribution >= 4 is 28.8 Å². The Morgan fingerprint density at radius 3 is 2.96 bits per heavy atom. The fourth-order valence-electron chi connectivity index (χ4n) is 3.94. The van der Waals surface area contributed by atoms with Crippen molar-refractivity contribution in [3.8, 4) is 0 Å². The molecule has 1 aromatic heterocycles. The lowest BCUT2D eigenvalue weighted by atomic mass is 9.90. The van der Waals surface area contributed by atoms with Gasteiger partial charge in [-0.15, -0.1) is 0 Å². The van der Waals surface area contributed by atoms with E-state index < -0.39 is 0 Å². The molecule has 0 spiro atoms. The Morgan fingerprint density at radius 2 is 2.21 bits per heavy atom. The van der Waals surface area contributed by atoms with Crippen LogP contribution in [-0.2, 0) is 11.2 Å². The Labute approximate surface area is 163 Å². The van der Waals surface area contributed by atoms with Gasteiger partial charge in [0.15, 0.2) is 5.82 Å². The maximum absolute atomic E-state index is 13.2. The van der Waals surface area contributed by atoms with E-state index in [9.17, 15) is 9.90 Å². The summed E-state index contributed by atoms with van der Waals surface area (Å²) in [6, 6.07) is 9.90. The van der Waals surface area contributed by atoms with Gasteiger partial charge in [0.1, 0.15) is 11.6 Å². The number of anilines is 3. The SMILES string of the molecule is CNc1cc2nc(n1)/C(=C\N)C(=O)N1CC(CO)C(Cc3cccc(c3)N2)C1. The van der Waals surface area contributed by atoms with E-state index in [-0.39, 0.29) is 35.7 Å². The summed E-state index contributed by atoms with van der Waals surface area (Å²) in [6.07, 6.45) is 2.05. The van der Waals surface area contributed by atoms with Gasteiger partial charge >= 0.3 is 0 Å². The molecule has 2 aliphatic heterocycles. The molecule has 28 heavy (non-hydrogen) atoms. The predicted molar refractivity (Wildman–Crippen MR) is 108 cm³/mol. The molecule has 8 heteroatoms. The molecule has 4 rings (SSSR count). The Balaban J connectivity index is 1.84. The minimum atomic E-state index is -0.214. The van der Waals surface area contributed by atoms with Gasteiger partial charge in [-0.05, 0) is 30.0 Å². The molecule has 0 saturated carbocycles. The standard InChI is InChI=1S/C20H24N6O2/c1-22-17-7-18-23-15-4-2-3-12(6-15)5-13-9-26(10-14(13)11-27)20(28)16(8-21)19(24-17)25-18/h2-4,6-8,13-14,27H,5,9-11,21H2,1H3,(H2,22,23,24,25)/b16-8+. The van der Waals surface area contributed by atoms with Crippen molar-refractivity contribution in [1.82, 2.24) is 14.9 Å². The van der Waals surface area contributed by atoms with Gasteiger partial charge in [-0.1, -0.05) is 12.1 Å². The topological polar surface area (TPSA) is 116 Å². The molecule has 146 valence electrons. The van der Waals surface area contributed by atoms with Crippen LogP contribution < -0.4 is 16.4 Å². The van der Waals surface area contributed by atoms with E-state index in [1.807, 2.05) is 12.1 Å². The summed E-state index contributed by atoms with van der Waals surface area (Å²) < 4.78 is 0. The fraction of sp³-hybridized carbons (Fsp3) is 0.350. The van der Waals surface area contributed by atoms with Crippen LogP contribution in [0.5, 0.6) is 0 Å². The van der Waals surface area contributed by atoms with Crippen LogP contribution in [0.4, 0.5) is 17.3 Å². The van der Waals surface area contributed by atoms with Crippen molar-refractivity contribution in [2.24, 2.45) is 17.6 Å². The number of nitrogens with one attached hydrogen (secondary N) is 2. The lowest BCUT2D eigenvalue weighted by Gasteiger charge is -2.18. The fourth-order valence-corrected chi connectivity index (χ4v) is 3.94. The molecule has 2 aliphatic rings. The molecule has 1 saturated heterocycles. The van der Waals surface area contributed by atoms with Crippen molar-refractivity contribution in [2.75, 3.05) is 37.4 Å². The van der Waals surface area contributed by atoms with E-state index in [1.54, 1.807) is 18.0 Å². The highest BCUT2D eigenvalue weighted by Gasteiger charge is 2.36. The minimum absolute atomic E-state index is 0.0302. The van der Waals surface area contributed by atoms with E-state index in [0.717, 1.165) is 17.7 Å². The number of aliphatic hydroxyl groups excluding tert-OH is 1. The number of rotatable bonds is 2. The first-order chi connectivity index (χ1) is 13.6. The van der Waals surface area contributed by atoms with Crippen molar-refractivity contribution in [2.45, 2.75) is 6.42 Å². The van der Waals surface area contributed by atoms with Crippen molar-refractivity contribution < 1.29 is 9.90 Å². The number of fused-ring (bicyclic) bond motifs is 6. The van der Waals surface area contributed by atoms with E-state index >= 15 is 0 Å². The number of aromatic nitrogens is 2. The summed E-state index contributed by atoms with van der Waals surface area (Å²) in [7, 11) is 1.76. The third-order valence-electron chi connectivity index (χ3n) is 5.42. The van der Waals surface area contributed by atoms with Gasteiger partial charge in [0, 0.05) is 50.6 Å². The van der Waals surface area contributed by atoms with E-state index in [0.29, 0.717) is 24.7 Å². The van der Waals surface area contributed by atoms with Crippen molar-refractivity contribution in [3.63, 3.8) is 0 Å². The molecular weight excluding hydrogens is 356 g/mol. The number of carbonyl (C=O) groups is 1. The number of hydrogen-bond acceptors (Lipinski definition) is 7. The zero-order valence-corrected chi connectivity index (χ0v) is 15.7. The van der Waals surface area contributed by atoms with Gasteiger partial charge in [0.25, 0.3) is 5.91 Å². The first-order valence-corrected chi connectivity index (χ1v) is 9.36. The van der Waals surface area contributed by atoms with Crippen LogP contribution in [-0.4, -0.2) is 52.6 Å². The van der Waals surface area contributed by atoms with Crippen LogP contribution in [0.3, 0.4) is 0 Å². The highest BCUT2D eigenvalue weighted by molar-refractivity contribution is 6.18.